The fourth-order valence-electron chi connectivity index (χ4n) is 2.62. The molecule has 0 saturated carbocycles. The Kier molecular flexibility index (Phi) is 6.83. The fourth-order valence-corrected chi connectivity index (χ4v) is 2.62. The molecule has 0 aromatic heterocycles. The monoisotopic (exact) mass is 329 g/mol. The van der Waals surface area contributed by atoms with Crippen molar-refractivity contribution in [3.05, 3.63) is 0 Å². The summed E-state index contributed by atoms with van der Waals surface area (Å²) in [5.41, 5.74) is -1.07. The van der Waals surface area contributed by atoms with Crippen LogP contribution in [0.15, 0.2) is 0 Å². The van der Waals surface area contributed by atoms with E-state index in [0.717, 1.165) is 25.9 Å². The van der Waals surface area contributed by atoms with Crippen molar-refractivity contribution in [2.45, 2.75) is 51.2 Å². The van der Waals surface area contributed by atoms with Crippen molar-refractivity contribution >= 4 is 12.1 Å². The first kappa shape index (κ1) is 19.7. The molecule has 0 atom stereocenters. The van der Waals surface area contributed by atoms with Crippen molar-refractivity contribution in [2.24, 2.45) is 0 Å². The predicted molar refractivity (Wildman–Crippen MR) is 88.6 cm³/mol. The molecule has 0 aliphatic carbocycles. The van der Waals surface area contributed by atoms with Crippen molar-refractivity contribution in [3.63, 3.8) is 0 Å². The first-order valence-electron chi connectivity index (χ1n) is 8.12. The third-order valence-corrected chi connectivity index (χ3v) is 3.66. The molecular formula is C16H31N3O4. The molecule has 1 fully saturated rings. The minimum absolute atomic E-state index is 0.0139. The number of nitrogens with zero attached hydrogens (tertiary/aromatic N) is 2. The summed E-state index contributed by atoms with van der Waals surface area (Å²) in [6.07, 6.45) is 1.66. The summed E-state index contributed by atoms with van der Waals surface area (Å²) in [5.74, 6) is -0.852. The van der Waals surface area contributed by atoms with Crippen LogP contribution in [0, 0.1) is 0 Å². The molecule has 0 spiro atoms. The molecule has 1 aliphatic heterocycles. The second-order valence-electron chi connectivity index (χ2n) is 7.62. The van der Waals surface area contributed by atoms with E-state index in [1.54, 1.807) is 4.90 Å². The van der Waals surface area contributed by atoms with E-state index in [-0.39, 0.29) is 12.5 Å². The Morgan fingerprint density at radius 1 is 1.26 bits per heavy atom. The van der Waals surface area contributed by atoms with Gasteiger partial charge in [0, 0.05) is 13.1 Å². The number of carbonyl (C=O) groups is 2. The Balaban J connectivity index is 2.43. The molecule has 23 heavy (non-hydrogen) atoms. The number of likely N-dealkylation sites (tertiary alicyclic amines) is 1. The Labute approximate surface area is 139 Å². The molecule has 0 bridgehead atoms. The molecule has 1 rings (SSSR count). The van der Waals surface area contributed by atoms with Gasteiger partial charge < -0.3 is 25.0 Å². The average Bonchev–Trinajstić information content (AvgIpc) is 2.30. The van der Waals surface area contributed by atoms with Crippen LogP contribution in [0.25, 0.3) is 0 Å². The highest BCUT2D eigenvalue weighted by atomic mass is 16.6. The van der Waals surface area contributed by atoms with Gasteiger partial charge in [-0.1, -0.05) is 0 Å². The number of hydrogen-bond acceptors (Lipinski definition) is 5. The van der Waals surface area contributed by atoms with Crippen molar-refractivity contribution in [3.8, 4) is 0 Å². The maximum atomic E-state index is 12.0. The highest BCUT2D eigenvalue weighted by Crippen LogP contribution is 2.26. The number of unbranched alkanes of at least 4 members (excludes halogenated alkanes) is 1. The van der Waals surface area contributed by atoms with Crippen LogP contribution in [-0.2, 0) is 9.53 Å². The molecule has 7 nitrogen and oxygen atoms in total. The van der Waals surface area contributed by atoms with Gasteiger partial charge in [0.05, 0.1) is 12.0 Å². The van der Waals surface area contributed by atoms with Crippen LogP contribution < -0.4 is 5.32 Å². The van der Waals surface area contributed by atoms with Gasteiger partial charge in [-0.25, -0.2) is 4.79 Å². The normalized spacial score (nSPS) is 17.0. The summed E-state index contributed by atoms with van der Waals surface area (Å²) >= 11 is 0. The van der Waals surface area contributed by atoms with Gasteiger partial charge in [0.15, 0.2) is 0 Å². The van der Waals surface area contributed by atoms with Crippen molar-refractivity contribution < 1.29 is 19.4 Å². The standard InChI is InChI=1S/C16H31N3O4/c1-15(2,3)23-14(22)19-11-16(12-19,10-13(20)21)17-8-6-7-9-18(4)5/h17H,6-12H2,1-5H3,(H,20,21). The second-order valence-corrected chi connectivity index (χ2v) is 7.62. The number of ether oxygens (including phenoxy) is 1. The van der Waals surface area contributed by atoms with Gasteiger partial charge in [-0.15, -0.1) is 0 Å². The van der Waals surface area contributed by atoms with E-state index in [4.69, 9.17) is 9.84 Å². The lowest BCUT2D eigenvalue weighted by atomic mass is 9.86. The summed E-state index contributed by atoms with van der Waals surface area (Å²) < 4.78 is 5.32. The van der Waals surface area contributed by atoms with Crippen LogP contribution in [0.2, 0.25) is 0 Å². The van der Waals surface area contributed by atoms with Gasteiger partial charge in [0.2, 0.25) is 0 Å². The largest absolute Gasteiger partial charge is 0.481 e. The molecule has 1 aliphatic rings. The summed E-state index contributed by atoms with van der Waals surface area (Å²) in [7, 11) is 4.06. The van der Waals surface area contributed by atoms with Crippen LogP contribution in [0.5, 0.6) is 0 Å². The predicted octanol–water partition coefficient (Wildman–Crippen LogP) is 1.38. The number of rotatable bonds is 8. The summed E-state index contributed by atoms with van der Waals surface area (Å²) in [4.78, 5) is 26.8. The van der Waals surface area contributed by atoms with Gasteiger partial charge >= 0.3 is 12.1 Å². The number of carbonyl (C=O) groups excluding carboxylic acids is 1. The number of carboxylic acid groups (broad SMARTS) is 1. The lowest BCUT2D eigenvalue weighted by Crippen LogP contribution is -2.71. The Bertz CT molecular complexity index is 412. The Hall–Kier alpha value is -1.34. The molecule has 1 saturated heterocycles. The molecule has 0 unspecified atom stereocenters. The van der Waals surface area contributed by atoms with Crippen LogP contribution in [0.1, 0.15) is 40.0 Å². The number of carboxylic acids is 1. The van der Waals surface area contributed by atoms with E-state index >= 15 is 0 Å². The van der Waals surface area contributed by atoms with E-state index in [2.05, 4.69) is 10.2 Å². The third-order valence-electron chi connectivity index (χ3n) is 3.66. The zero-order valence-corrected chi connectivity index (χ0v) is 15.0. The Morgan fingerprint density at radius 3 is 2.35 bits per heavy atom. The van der Waals surface area contributed by atoms with Gasteiger partial charge in [0.1, 0.15) is 5.60 Å². The molecule has 1 heterocycles. The van der Waals surface area contributed by atoms with Gasteiger partial charge in [-0.05, 0) is 60.8 Å². The van der Waals surface area contributed by atoms with E-state index in [1.807, 2.05) is 34.9 Å². The van der Waals surface area contributed by atoms with Crippen LogP contribution in [0.3, 0.4) is 0 Å². The molecule has 134 valence electrons. The van der Waals surface area contributed by atoms with Crippen LogP contribution >= 0.6 is 0 Å². The number of nitrogens with one attached hydrogen (secondary N) is 1. The van der Waals surface area contributed by atoms with Gasteiger partial charge in [-0.3, -0.25) is 4.79 Å². The smallest absolute Gasteiger partial charge is 0.410 e. The number of amides is 1. The molecule has 0 aromatic carbocycles. The lowest BCUT2D eigenvalue weighted by Gasteiger charge is -2.49. The van der Waals surface area contributed by atoms with Crippen LogP contribution in [0.4, 0.5) is 4.79 Å². The Morgan fingerprint density at radius 2 is 1.87 bits per heavy atom. The second kappa shape index (κ2) is 7.97. The van der Waals surface area contributed by atoms with Crippen LogP contribution in [-0.4, -0.2) is 78.4 Å². The lowest BCUT2D eigenvalue weighted by molar-refractivity contribution is -0.141. The number of hydrogen-bond donors (Lipinski definition) is 2. The van der Waals surface area contributed by atoms with E-state index in [1.165, 1.54) is 0 Å². The maximum Gasteiger partial charge on any atom is 0.410 e. The van der Waals surface area contributed by atoms with Crippen molar-refractivity contribution in [1.82, 2.24) is 15.1 Å². The third kappa shape index (κ3) is 7.18. The molecule has 0 aromatic rings. The quantitative estimate of drug-likeness (QED) is 0.655. The zero-order chi connectivity index (χ0) is 17.7. The molecule has 7 heteroatoms. The van der Waals surface area contributed by atoms with Crippen molar-refractivity contribution in [2.75, 3.05) is 40.3 Å². The number of aliphatic carboxylic acids is 1. The molecule has 2 N–H and O–H groups in total. The topological polar surface area (TPSA) is 82.1 Å². The SMILES string of the molecule is CN(C)CCCCNC1(CC(=O)O)CN(C(=O)OC(C)(C)C)C1. The fraction of sp³-hybridized carbons (Fsp3) is 0.875. The molecule has 0 radical (unpaired) electrons. The summed E-state index contributed by atoms with van der Waals surface area (Å²) in [5, 5.41) is 12.5. The molecule has 1 amide bonds. The minimum Gasteiger partial charge on any atom is -0.481 e. The van der Waals surface area contributed by atoms with E-state index in [0.29, 0.717) is 13.1 Å². The zero-order valence-electron chi connectivity index (χ0n) is 15.0. The maximum absolute atomic E-state index is 12.0. The van der Waals surface area contributed by atoms with Gasteiger partial charge in [0.25, 0.3) is 0 Å². The first-order valence-corrected chi connectivity index (χ1v) is 8.12. The van der Waals surface area contributed by atoms with E-state index < -0.39 is 17.1 Å². The highest BCUT2D eigenvalue weighted by molar-refractivity contribution is 5.73. The van der Waals surface area contributed by atoms with E-state index in [9.17, 15) is 9.59 Å². The van der Waals surface area contributed by atoms with Gasteiger partial charge in [-0.2, -0.15) is 0 Å². The van der Waals surface area contributed by atoms with Crippen molar-refractivity contribution in [1.29, 1.82) is 0 Å². The summed E-state index contributed by atoms with van der Waals surface area (Å²) in [6, 6.07) is 0. The molecular weight excluding hydrogens is 298 g/mol. The minimum atomic E-state index is -0.852. The summed E-state index contributed by atoms with van der Waals surface area (Å²) in [6.45, 7) is 7.97. The highest BCUT2D eigenvalue weighted by Gasteiger charge is 2.47. The first-order chi connectivity index (χ1) is 10.5. The average molecular weight is 329 g/mol.